The Morgan fingerprint density at radius 2 is 2.00 bits per heavy atom. The lowest BCUT2D eigenvalue weighted by molar-refractivity contribution is -0.138. The summed E-state index contributed by atoms with van der Waals surface area (Å²) >= 11 is 0. The minimum atomic E-state index is -1.05. The molecule has 0 aliphatic rings. The minimum absolute atomic E-state index is 0.373. The lowest BCUT2D eigenvalue weighted by Crippen LogP contribution is -2.38. The minimum Gasteiger partial charge on any atom is -0.480 e. The number of aliphatic carboxylic acids is 1. The number of para-hydroxylation sites is 1. The summed E-state index contributed by atoms with van der Waals surface area (Å²) in [6, 6.07) is 6.59. The van der Waals surface area contributed by atoms with E-state index in [-0.39, 0.29) is 5.91 Å². The standard InChI is InChI=1S/C13H14N2O3/c1-8(13(17)18)14-12(16)10-7-15(2)11-6-4-3-5-9(10)11/h3-8H,1-2H3,(H,14,16)(H,17,18). The van der Waals surface area contributed by atoms with Crippen molar-refractivity contribution in [2.24, 2.45) is 7.05 Å². The molecule has 0 saturated heterocycles. The number of aromatic nitrogens is 1. The average Bonchev–Trinajstić information content (AvgIpc) is 2.67. The topological polar surface area (TPSA) is 71.3 Å². The quantitative estimate of drug-likeness (QED) is 0.859. The first-order valence-corrected chi connectivity index (χ1v) is 5.58. The molecule has 0 aliphatic carbocycles. The number of carbonyl (C=O) groups is 2. The van der Waals surface area contributed by atoms with Gasteiger partial charge in [0.15, 0.2) is 0 Å². The molecular formula is C13H14N2O3. The Balaban J connectivity index is 2.37. The van der Waals surface area contributed by atoms with Crippen molar-refractivity contribution in [1.82, 2.24) is 9.88 Å². The SMILES string of the molecule is CC(NC(=O)c1cn(C)c2ccccc12)C(=O)O. The molecule has 2 N–H and O–H groups in total. The summed E-state index contributed by atoms with van der Waals surface area (Å²) in [6.45, 7) is 1.44. The van der Waals surface area contributed by atoms with E-state index >= 15 is 0 Å². The normalized spacial score (nSPS) is 12.3. The first kappa shape index (κ1) is 12.2. The summed E-state index contributed by atoms with van der Waals surface area (Å²) in [5.41, 5.74) is 1.42. The Kier molecular flexibility index (Phi) is 3.06. The predicted molar refractivity (Wildman–Crippen MR) is 67.5 cm³/mol. The smallest absolute Gasteiger partial charge is 0.325 e. The maximum Gasteiger partial charge on any atom is 0.325 e. The molecule has 0 bridgehead atoms. The van der Waals surface area contributed by atoms with E-state index in [9.17, 15) is 9.59 Å². The van der Waals surface area contributed by atoms with Gasteiger partial charge in [-0.1, -0.05) is 18.2 Å². The van der Waals surface area contributed by atoms with Crippen molar-refractivity contribution in [2.45, 2.75) is 13.0 Å². The summed E-state index contributed by atoms with van der Waals surface area (Å²) in [4.78, 5) is 22.7. The Hall–Kier alpha value is -2.30. The molecule has 5 heteroatoms. The fourth-order valence-corrected chi connectivity index (χ4v) is 1.86. The fraction of sp³-hybridized carbons (Fsp3) is 0.231. The van der Waals surface area contributed by atoms with E-state index in [1.165, 1.54) is 6.92 Å². The van der Waals surface area contributed by atoms with Crippen LogP contribution in [0.3, 0.4) is 0 Å². The lowest BCUT2D eigenvalue weighted by Gasteiger charge is -2.08. The monoisotopic (exact) mass is 246 g/mol. The average molecular weight is 246 g/mol. The van der Waals surface area contributed by atoms with Crippen molar-refractivity contribution < 1.29 is 14.7 Å². The van der Waals surface area contributed by atoms with E-state index in [0.717, 1.165) is 10.9 Å². The second-order valence-electron chi connectivity index (χ2n) is 4.20. The number of rotatable bonds is 3. The molecule has 2 rings (SSSR count). The van der Waals surface area contributed by atoms with Gasteiger partial charge in [0.1, 0.15) is 6.04 Å². The molecule has 0 saturated carbocycles. The Morgan fingerprint density at radius 1 is 1.33 bits per heavy atom. The number of nitrogens with one attached hydrogen (secondary N) is 1. The number of aryl methyl sites for hydroxylation is 1. The highest BCUT2D eigenvalue weighted by atomic mass is 16.4. The van der Waals surface area contributed by atoms with Crippen molar-refractivity contribution >= 4 is 22.8 Å². The number of amides is 1. The van der Waals surface area contributed by atoms with Crippen molar-refractivity contribution in [1.29, 1.82) is 0 Å². The molecule has 0 radical (unpaired) electrons. The third-order valence-corrected chi connectivity index (χ3v) is 2.86. The molecule has 1 aromatic carbocycles. The van der Waals surface area contributed by atoms with E-state index < -0.39 is 12.0 Å². The molecule has 1 heterocycles. The molecule has 18 heavy (non-hydrogen) atoms. The first-order valence-electron chi connectivity index (χ1n) is 5.58. The molecule has 1 atom stereocenters. The van der Waals surface area contributed by atoms with Crippen LogP contribution in [0, 0.1) is 0 Å². The molecule has 1 unspecified atom stereocenters. The third-order valence-electron chi connectivity index (χ3n) is 2.86. The van der Waals surface area contributed by atoms with Crippen LogP contribution in [0.2, 0.25) is 0 Å². The van der Waals surface area contributed by atoms with Gasteiger partial charge in [0, 0.05) is 24.1 Å². The van der Waals surface area contributed by atoms with Gasteiger partial charge in [-0.3, -0.25) is 9.59 Å². The molecule has 1 amide bonds. The van der Waals surface area contributed by atoms with E-state index in [4.69, 9.17) is 5.11 Å². The Morgan fingerprint density at radius 3 is 2.67 bits per heavy atom. The van der Waals surface area contributed by atoms with Gasteiger partial charge in [-0.15, -0.1) is 0 Å². The van der Waals surface area contributed by atoms with Gasteiger partial charge in [0.05, 0.1) is 5.56 Å². The van der Waals surface area contributed by atoms with Crippen molar-refractivity contribution in [2.75, 3.05) is 0 Å². The van der Waals surface area contributed by atoms with Crippen LogP contribution in [0.4, 0.5) is 0 Å². The summed E-state index contributed by atoms with van der Waals surface area (Å²) in [6.07, 6.45) is 1.70. The van der Waals surface area contributed by atoms with Gasteiger partial charge in [-0.2, -0.15) is 0 Å². The van der Waals surface area contributed by atoms with Gasteiger partial charge in [-0.25, -0.2) is 0 Å². The highest BCUT2D eigenvalue weighted by Crippen LogP contribution is 2.20. The number of benzene rings is 1. The van der Waals surface area contributed by atoms with Gasteiger partial charge >= 0.3 is 5.97 Å². The van der Waals surface area contributed by atoms with Gasteiger partial charge in [0.25, 0.3) is 5.91 Å². The fourth-order valence-electron chi connectivity index (χ4n) is 1.86. The van der Waals surface area contributed by atoms with Crippen LogP contribution in [-0.4, -0.2) is 27.6 Å². The number of carboxylic acids is 1. The Labute approximate surface area is 104 Å². The lowest BCUT2D eigenvalue weighted by atomic mass is 10.1. The van der Waals surface area contributed by atoms with Crippen LogP contribution in [0.1, 0.15) is 17.3 Å². The maximum absolute atomic E-state index is 12.0. The van der Waals surface area contributed by atoms with Crippen molar-refractivity contribution in [3.8, 4) is 0 Å². The molecule has 2 aromatic rings. The van der Waals surface area contributed by atoms with Crippen LogP contribution in [0.25, 0.3) is 10.9 Å². The van der Waals surface area contributed by atoms with E-state index in [1.807, 2.05) is 35.9 Å². The molecule has 0 spiro atoms. The number of fused-ring (bicyclic) bond motifs is 1. The zero-order valence-corrected chi connectivity index (χ0v) is 10.2. The van der Waals surface area contributed by atoms with Gasteiger partial charge in [-0.05, 0) is 13.0 Å². The van der Waals surface area contributed by atoms with Gasteiger partial charge in [0.2, 0.25) is 0 Å². The zero-order valence-electron chi connectivity index (χ0n) is 10.2. The molecule has 94 valence electrons. The number of hydrogen-bond donors (Lipinski definition) is 2. The highest BCUT2D eigenvalue weighted by Gasteiger charge is 2.18. The van der Waals surface area contributed by atoms with Crippen LogP contribution in [0.5, 0.6) is 0 Å². The van der Waals surface area contributed by atoms with E-state index in [0.29, 0.717) is 5.56 Å². The largest absolute Gasteiger partial charge is 0.480 e. The predicted octanol–water partition coefficient (Wildman–Crippen LogP) is 1.38. The van der Waals surface area contributed by atoms with E-state index in [2.05, 4.69) is 5.32 Å². The summed E-state index contributed by atoms with van der Waals surface area (Å²) in [5, 5.41) is 12.0. The van der Waals surface area contributed by atoms with E-state index in [1.54, 1.807) is 6.20 Å². The summed E-state index contributed by atoms with van der Waals surface area (Å²) < 4.78 is 1.84. The summed E-state index contributed by atoms with van der Waals surface area (Å²) in [5.74, 6) is -1.43. The van der Waals surface area contributed by atoms with Crippen LogP contribution in [0.15, 0.2) is 30.5 Å². The van der Waals surface area contributed by atoms with Gasteiger partial charge < -0.3 is 15.0 Å². The molecule has 1 aromatic heterocycles. The molecule has 5 nitrogen and oxygen atoms in total. The van der Waals surface area contributed by atoms with Crippen molar-refractivity contribution in [3.63, 3.8) is 0 Å². The number of hydrogen-bond acceptors (Lipinski definition) is 2. The van der Waals surface area contributed by atoms with Crippen LogP contribution < -0.4 is 5.32 Å². The number of carbonyl (C=O) groups excluding carboxylic acids is 1. The number of nitrogens with zero attached hydrogens (tertiary/aromatic N) is 1. The second kappa shape index (κ2) is 4.52. The van der Waals surface area contributed by atoms with Crippen LogP contribution >= 0.6 is 0 Å². The zero-order chi connectivity index (χ0) is 13.3. The maximum atomic E-state index is 12.0. The molecule has 0 aliphatic heterocycles. The number of carboxylic acid groups (broad SMARTS) is 1. The Bertz CT molecular complexity index is 616. The van der Waals surface area contributed by atoms with Crippen molar-refractivity contribution in [3.05, 3.63) is 36.0 Å². The second-order valence-corrected chi connectivity index (χ2v) is 4.20. The molecular weight excluding hydrogens is 232 g/mol. The molecule has 0 fully saturated rings. The highest BCUT2D eigenvalue weighted by molar-refractivity contribution is 6.07. The summed E-state index contributed by atoms with van der Waals surface area (Å²) in [7, 11) is 1.85. The first-order chi connectivity index (χ1) is 8.50. The van der Waals surface area contributed by atoms with Crippen LogP contribution in [-0.2, 0) is 11.8 Å². The third kappa shape index (κ3) is 2.07.